The van der Waals surface area contributed by atoms with Crippen molar-refractivity contribution >= 4 is 17.8 Å². The Morgan fingerprint density at radius 1 is 1.13 bits per heavy atom. The molecule has 0 bridgehead atoms. The minimum absolute atomic E-state index is 0.136. The molecule has 0 spiro atoms. The molecule has 1 amide bonds. The van der Waals surface area contributed by atoms with E-state index in [1.165, 1.54) is 14.2 Å². The molecule has 0 radical (unpaired) electrons. The van der Waals surface area contributed by atoms with E-state index in [2.05, 4.69) is 35.6 Å². The molecule has 1 rings (SSSR count). The Hall–Kier alpha value is -1.59. The summed E-state index contributed by atoms with van der Waals surface area (Å²) >= 11 is 0. The van der Waals surface area contributed by atoms with Crippen molar-refractivity contribution in [2.75, 3.05) is 14.2 Å². The molecule has 1 saturated carbocycles. The van der Waals surface area contributed by atoms with Gasteiger partial charge in [-0.25, -0.2) is 4.79 Å². The third-order valence-corrected chi connectivity index (χ3v) is 4.76. The first-order valence-electron chi connectivity index (χ1n) is 8.25. The minimum atomic E-state index is -0.995. The van der Waals surface area contributed by atoms with Crippen molar-refractivity contribution in [1.29, 1.82) is 0 Å². The van der Waals surface area contributed by atoms with Gasteiger partial charge in [-0.2, -0.15) is 0 Å². The highest BCUT2D eigenvalue weighted by Gasteiger charge is 2.37. The molecule has 1 aliphatic carbocycles. The van der Waals surface area contributed by atoms with Gasteiger partial charge in [0.15, 0.2) is 0 Å². The summed E-state index contributed by atoms with van der Waals surface area (Å²) in [5.74, 6) is -0.319. The Morgan fingerprint density at radius 2 is 1.78 bits per heavy atom. The summed E-state index contributed by atoms with van der Waals surface area (Å²) in [5, 5.41) is 2.69. The summed E-state index contributed by atoms with van der Waals surface area (Å²) < 4.78 is 9.26. The van der Waals surface area contributed by atoms with Crippen molar-refractivity contribution in [3.8, 4) is 0 Å². The van der Waals surface area contributed by atoms with Crippen LogP contribution in [0.2, 0.25) is 0 Å². The number of methoxy groups -OCH3 is 2. The highest BCUT2D eigenvalue weighted by molar-refractivity contribution is 5.89. The first kappa shape index (κ1) is 19.5. The maximum Gasteiger partial charge on any atom is 0.328 e. The quantitative estimate of drug-likeness (QED) is 0.754. The largest absolute Gasteiger partial charge is 0.469 e. The monoisotopic (exact) mass is 327 g/mol. The van der Waals surface area contributed by atoms with Gasteiger partial charge in [-0.05, 0) is 30.6 Å². The third-order valence-electron chi connectivity index (χ3n) is 4.76. The molecule has 23 heavy (non-hydrogen) atoms. The SMILES string of the molecule is COC(=O)C[C@@H](NC(=O)[C@H]1C[C@@H](C)CC[C@@H]1C(C)C)C(=O)OC. The molecule has 0 unspecified atom stereocenters. The number of amides is 1. The molecule has 0 aromatic heterocycles. The fraction of sp³-hybridized carbons (Fsp3) is 0.824. The van der Waals surface area contributed by atoms with Crippen molar-refractivity contribution in [1.82, 2.24) is 5.32 Å². The van der Waals surface area contributed by atoms with E-state index in [1.807, 2.05) is 0 Å². The Morgan fingerprint density at radius 3 is 2.30 bits per heavy atom. The molecule has 1 N–H and O–H groups in total. The fourth-order valence-electron chi connectivity index (χ4n) is 3.37. The van der Waals surface area contributed by atoms with Crippen molar-refractivity contribution in [2.45, 2.75) is 52.5 Å². The first-order chi connectivity index (χ1) is 10.8. The Kier molecular flexibility index (Phi) is 7.52. The number of nitrogens with one attached hydrogen (secondary N) is 1. The number of rotatable bonds is 6. The van der Waals surface area contributed by atoms with Crippen LogP contribution in [-0.2, 0) is 23.9 Å². The van der Waals surface area contributed by atoms with E-state index in [9.17, 15) is 14.4 Å². The number of hydrogen-bond acceptors (Lipinski definition) is 5. The van der Waals surface area contributed by atoms with Crippen molar-refractivity contribution < 1.29 is 23.9 Å². The topological polar surface area (TPSA) is 81.7 Å². The van der Waals surface area contributed by atoms with Gasteiger partial charge in [0.25, 0.3) is 0 Å². The number of carbonyl (C=O) groups is 3. The molecular formula is C17H29NO5. The second-order valence-electron chi connectivity index (χ2n) is 6.80. The van der Waals surface area contributed by atoms with E-state index in [4.69, 9.17) is 0 Å². The zero-order chi connectivity index (χ0) is 17.6. The second kappa shape index (κ2) is 8.89. The van der Waals surface area contributed by atoms with Crippen LogP contribution in [-0.4, -0.2) is 38.1 Å². The highest BCUT2D eigenvalue weighted by atomic mass is 16.5. The van der Waals surface area contributed by atoms with Crippen LogP contribution < -0.4 is 5.32 Å². The Bertz CT molecular complexity index is 435. The average Bonchev–Trinajstić information content (AvgIpc) is 2.52. The van der Waals surface area contributed by atoms with Gasteiger partial charge in [-0.15, -0.1) is 0 Å². The van der Waals surface area contributed by atoms with Crippen LogP contribution in [0.4, 0.5) is 0 Å². The van der Waals surface area contributed by atoms with Crippen LogP contribution in [0.1, 0.15) is 46.5 Å². The number of ether oxygens (including phenoxy) is 2. The lowest BCUT2D eigenvalue weighted by molar-refractivity contribution is -0.151. The second-order valence-corrected chi connectivity index (χ2v) is 6.80. The van der Waals surface area contributed by atoms with Crippen LogP contribution in [0, 0.1) is 23.7 Å². The smallest absolute Gasteiger partial charge is 0.328 e. The zero-order valence-electron chi connectivity index (χ0n) is 14.8. The van der Waals surface area contributed by atoms with Crippen LogP contribution in [0.15, 0.2) is 0 Å². The minimum Gasteiger partial charge on any atom is -0.469 e. The van der Waals surface area contributed by atoms with Gasteiger partial charge < -0.3 is 14.8 Å². The predicted molar refractivity (Wildman–Crippen MR) is 85.4 cm³/mol. The predicted octanol–water partition coefficient (Wildman–Crippen LogP) is 1.92. The van der Waals surface area contributed by atoms with Crippen LogP contribution in [0.25, 0.3) is 0 Å². The van der Waals surface area contributed by atoms with Crippen LogP contribution >= 0.6 is 0 Å². The summed E-state index contributed by atoms with van der Waals surface area (Å²) in [5.41, 5.74) is 0. The van der Waals surface area contributed by atoms with E-state index >= 15 is 0 Å². The van der Waals surface area contributed by atoms with Gasteiger partial charge in [-0.1, -0.05) is 27.2 Å². The van der Waals surface area contributed by atoms with Gasteiger partial charge in [0.1, 0.15) is 6.04 Å². The van der Waals surface area contributed by atoms with Crippen LogP contribution in [0.3, 0.4) is 0 Å². The molecule has 132 valence electrons. The maximum atomic E-state index is 12.7. The van der Waals surface area contributed by atoms with E-state index in [1.54, 1.807) is 0 Å². The summed E-state index contributed by atoms with van der Waals surface area (Å²) in [6, 6.07) is -0.995. The lowest BCUT2D eigenvalue weighted by Gasteiger charge is -2.36. The zero-order valence-corrected chi connectivity index (χ0v) is 14.8. The molecule has 0 aromatic rings. The molecule has 4 atom stereocenters. The van der Waals surface area contributed by atoms with E-state index in [0.717, 1.165) is 19.3 Å². The number of hydrogen-bond donors (Lipinski definition) is 1. The summed E-state index contributed by atoms with van der Waals surface area (Å²) in [6.07, 6.45) is 2.72. The summed E-state index contributed by atoms with van der Waals surface area (Å²) in [6.45, 7) is 6.38. The van der Waals surface area contributed by atoms with E-state index in [0.29, 0.717) is 17.8 Å². The van der Waals surface area contributed by atoms with Gasteiger partial charge >= 0.3 is 11.9 Å². The van der Waals surface area contributed by atoms with Crippen LogP contribution in [0.5, 0.6) is 0 Å². The Labute approximate surface area is 138 Å². The molecule has 1 aliphatic rings. The van der Waals surface area contributed by atoms with Gasteiger partial charge in [0.05, 0.1) is 20.6 Å². The molecule has 0 saturated heterocycles. The van der Waals surface area contributed by atoms with E-state index < -0.39 is 18.0 Å². The number of carbonyl (C=O) groups excluding carboxylic acids is 3. The molecule has 1 fully saturated rings. The molecular weight excluding hydrogens is 298 g/mol. The average molecular weight is 327 g/mol. The van der Waals surface area contributed by atoms with Crippen molar-refractivity contribution in [2.24, 2.45) is 23.7 Å². The molecule has 0 heterocycles. The Balaban J connectivity index is 2.82. The summed E-state index contributed by atoms with van der Waals surface area (Å²) in [7, 11) is 2.48. The fourth-order valence-corrected chi connectivity index (χ4v) is 3.37. The van der Waals surface area contributed by atoms with Gasteiger partial charge in [0, 0.05) is 5.92 Å². The molecule has 0 aromatic carbocycles. The summed E-state index contributed by atoms with van der Waals surface area (Å²) in [4.78, 5) is 35.9. The standard InChI is InChI=1S/C17H29NO5/c1-10(2)12-7-6-11(3)8-13(12)16(20)18-14(17(21)23-5)9-15(19)22-4/h10-14H,6-9H2,1-5H3,(H,18,20)/t11-,12+,13-,14+/m0/s1. The van der Waals surface area contributed by atoms with Gasteiger partial charge in [0.2, 0.25) is 5.91 Å². The normalized spacial score (nSPS) is 25.6. The van der Waals surface area contributed by atoms with Gasteiger partial charge in [-0.3, -0.25) is 9.59 Å². The highest BCUT2D eigenvalue weighted by Crippen LogP contribution is 2.38. The van der Waals surface area contributed by atoms with Crippen molar-refractivity contribution in [3.63, 3.8) is 0 Å². The number of esters is 2. The van der Waals surface area contributed by atoms with E-state index in [-0.39, 0.29) is 18.2 Å². The molecule has 6 heteroatoms. The lowest BCUT2D eigenvalue weighted by atomic mass is 9.69. The first-order valence-corrected chi connectivity index (χ1v) is 8.25. The third kappa shape index (κ3) is 5.52. The van der Waals surface area contributed by atoms with Crippen molar-refractivity contribution in [3.05, 3.63) is 0 Å². The molecule has 0 aliphatic heterocycles. The lowest BCUT2D eigenvalue weighted by Crippen LogP contribution is -2.48. The maximum absolute atomic E-state index is 12.7. The molecule has 6 nitrogen and oxygen atoms in total.